The standard InChI is InChI=1S/C17H15BrN2O2S/c1-10-7-11(2)16-14(8-10)23-17(20-16)19-15(21)9-22-13-6-4-3-5-12(13)18/h3-8H,9H2,1-2H3,(H,19,20,21). The fraction of sp³-hybridized carbons (Fsp3) is 0.176. The summed E-state index contributed by atoms with van der Waals surface area (Å²) in [7, 11) is 0. The molecule has 1 N–H and O–H groups in total. The predicted octanol–water partition coefficient (Wildman–Crippen LogP) is 4.69. The smallest absolute Gasteiger partial charge is 0.264 e. The second-order valence-corrected chi connectivity index (χ2v) is 7.10. The molecule has 3 aromatic rings. The highest BCUT2D eigenvalue weighted by Gasteiger charge is 2.11. The van der Waals surface area contributed by atoms with E-state index in [1.54, 1.807) is 6.07 Å². The van der Waals surface area contributed by atoms with Crippen LogP contribution in [0.15, 0.2) is 40.9 Å². The Bertz CT molecular complexity index is 876. The number of carbonyl (C=O) groups is 1. The lowest BCUT2D eigenvalue weighted by atomic mass is 10.1. The summed E-state index contributed by atoms with van der Waals surface area (Å²) in [5.74, 6) is 0.410. The topological polar surface area (TPSA) is 51.2 Å². The van der Waals surface area contributed by atoms with Crippen molar-refractivity contribution in [2.45, 2.75) is 13.8 Å². The van der Waals surface area contributed by atoms with Gasteiger partial charge in [-0.25, -0.2) is 4.98 Å². The Kier molecular flexibility index (Phi) is 4.63. The van der Waals surface area contributed by atoms with Gasteiger partial charge in [-0.2, -0.15) is 0 Å². The number of aromatic nitrogens is 1. The first kappa shape index (κ1) is 16.0. The second kappa shape index (κ2) is 6.68. The third-order valence-corrected chi connectivity index (χ3v) is 4.84. The molecule has 1 amide bonds. The molecule has 118 valence electrons. The molecule has 3 rings (SSSR count). The third-order valence-electron chi connectivity index (χ3n) is 3.27. The van der Waals surface area contributed by atoms with Crippen molar-refractivity contribution in [3.05, 3.63) is 52.0 Å². The molecule has 6 heteroatoms. The number of ether oxygens (including phenoxy) is 1. The quantitative estimate of drug-likeness (QED) is 0.702. The molecule has 0 atom stereocenters. The van der Waals surface area contributed by atoms with Crippen molar-refractivity contribution in [1.29, 1.82) is 0 Å². The van der Waals surface area contributed by atoms with Gasteiger partial charge in [0.05, 0.1) is 14.7 Å². The number of halogens is 1. The van der Waals surface area contributed by atoms with Gasteiger partial charge >= 0.3 is 0 Å². The maximum Gasteiger partial charge on any atom is 0.264 e. The van der Waals surface area contributed by atoms with Crippen LogP contribution in [0.3, 0.4) is 0 Å². The molecule has 0 fully saturated rings. The molecule has 0 spiro atoms. The molecule has 0 aliphatic carbocycles. The maximum absolute atomic E-state index is 12.0. The van der Waals surface area contributed by atoms with Crippen LogP contribution in [0.2, 0.25) is 0 Å². The average molecular weight is 391 g/mol. The number of hydrogen-bond donors (Lipinski definition) is 1. The van der Waals surface area contributed by atoms with Gasteiger partial charge < -0.3 is 4.74 Å². The van der Waals surface area contributed by atoms with Crippen molar-refractivity contribution in [3.8, 4) is 5.75 Å². The summed E-state index contributed by atoms with van der Waals surface area (Å²) < 4.78 is 7.40. The molecule has 0 aliphatic rings. The summed E-state index contributed by atoms with van der Waals surface area (Å²) >= 11 is 4.86. The van der Waals surface area contributed by atoms with Gasteiger partial charge in [-0.15, -0.1) is 0 Å². The van der Waals surface area contributed by atoms with Crippen molar-refractivity contribution in [1.82, 2.24) is 4.98 Å². The highest BCUT2D eigenvalue weighted by atomic mass is 79.9. The van der Waals surface area contributed by atoms with Crippen LogP contribution in [0, 0.1) is 13.8 Å². The molecule has 0 unspecified atom stereocenters. The Morgan fingerprint density at radius 1 is 1.30 bits per heavy atom. The van der Waals surface area contributed by atoms with E-state index < -0.39 is 0 Å². The van der Waals surface area contributed by atoms with Crippen LogP contribution in [0.1, 0.15) is 11.1 Å². The largest absolute Gasteiger partial charge is 0.483 e. The number of fused-ring (bicyclic) bond motifs is 1. The van der Waals surface area contributed by atoms with Gasteiger partial charge in [0.15, 0.2) is 11.7 Å². The molecule has 1 heterocycles. The Labute approximate surface area is 146 Å². The van der Waals surface area contributed by atoms with Gasteiger partial charge in [-0.3, -0.25) is 10.1 Å². The van der Waals surface area contributed by atoms with Gasteiger partial charge in [0.25, 0.3) is 5.91 Å². The van der Waals surface area contributed by atoms with E-state index in [2.05, 4.69) is 45.3 Å². The molecule has 4 nitrogen and oxygen atoms in total. The summed E-state index contributed by atoms with van der Waals surface area (Å²) in [6.07, 6.45) is 0. The van der Waals surface area contributed by atoms with Gasteiger partial charge in [0.1, 0.15) is 5.75 Å². The van der Waals surface area contributed by atoms with Crippen molar-refractivity contribution in [2.24, 2.45) is 0 Å². The van der Waals surface area contributed by atoms with Crippen LogP contribution in [-0.4, -0.2) is 17.5 Å². The zero-order chi connectivity index (χ0) is 16.4. The first-order valence-corrected chi connectivity index (χ1v) is 8.69. The fourth-order valence-corrected chi connectivity index (χ4v) is 3.74. The second-order valence-electron chi connectivity index (χ2n) is 5.21. The van der Waals surface area contributed by atoms with Crippen molar-refractivity contribution >= 4 is 48.5 Å². The SMILES string of the molecule is Cc1cc(C)c2nc(NC(=O)COc3ccccc3Br)sc2c1. The molecule has 1 aromatic heterocycles. The number of amides is 1. The van der Waals surface area contributed by atoms with Crippen LogP contribution >= 0.6 is 27.3 Å². The van der Waals surface area contributed by atoms with E-state index in [1.165, 1.54) is 16.9 Å². The number of aryl methyl sites for hydroxylation is 2. The van der Waals surface area contributed by atoms with E-state index in [4.69, 9.17) is 4.74 Å². The molecule has 0 saturated carbocycles. The average Bonchev–Trinajstić information content (AvgIpc) is 2.89. The third kappa shape index (κ3) is 3.71. The van der Waals surface area contributed by atoms with Crippen LogP contribution in [0.5, 0.6) is 5.75 Å². The van der Waals surface area contributed by atoms with Crippen LogP contribution in [-0.2, 0) is 4.79 Å². The summed E-state index contributed by atoms with van der Waals surface area (Å²) in [5, 5.41) is 3.39. The van der Waals surface area contributed by atoms with Crippen molar-refractivity contribution in [2.75, 3.05) is 11.9 Å². The summed E-state index contributed by atoms with van der Waals surface area (Å²) in [6, 6.07) is 11.6. The Morgan fingerprint density at radius 2 is 2.09 bits per heavy atom. The Balaban J connectivity index is 1.68. The number of nitrogens with one attached hydrogen (secondary N) is 1. The molecule has 0 aliphatic heterocycles. The van der Waals surface area contributed by atoms with Crippen molar-refractivity contribution in [3.63, 3.8) is 0 Å². The maximum atomic E-state index is 12.0. The normalized spacial score (nSPS) is 10.7. The number of anilines is 1. The lowest BCUT2D eigenvalue weighted by molar-refractivity contribution is -0.118. The summed E-state index contributed by atoms with van der Waals surface area (Å²) in [6.45, 7) is 4.02. The first-order chi connectivity index (χ1) is 11.0. The molecule has 0 bridgehead atoms. The highest BCUT2D eigenvalue weighted by molar-refractivity contribution is 9.10. The van der Waals surface area contributed by atoms with Gasteiger partial charge in [-0.1, -0.05) is 29.5 Å². The number of para-hydroxylation sites is 1. The van der Waals surface area contributed by atoms with Gasteiger partial charge in [0, 0.05) is 0 Å². The van der Waals surface area contributed by atoms with Crippen molar-refractivity contribution < 1.29 is 9.53 Å². The van der Waals surface area contributed by atoms with E-state index in [9.17, 15) is 4.79 Å². The first-order valence-electron chi connectivity index (χ1n) is 7.08. The molecular weight excluding hydrogens is 376 g/mol. The number of thiazole rings is 1. The Morgan fingerprint density at radius 3 is 2.87 bits per heavy atom. The molecule has 0 radical (unpaired) electrons. The molecule has 23 heavy (non-hydrogen) atoms. The zero-order valence-corrected chi connectivity index (χ0v) is 15.1. The van der Waals surface area contributed by atoms with E-state index in [0.717, 1.165) is 20.3 Å². The molecular formula is C17H15BrN2O2S. The number of rotatable bonds is 4. The minimum Gasteiger partial charge on any atom is -0.483 e. The predicted molar refractivity (Wildman–Crippen MR) is 97.4 cm³/mol. The van der Waals surface area contributed by atoms with Crippen LogP contribution in [0.25, 0.3) is 10.2 Å². The minimum absolute atomic E-state index is 0.0590. The lowest BCUT2D eigenvalue weighted by Gasteiger charge is -2.07. The Hall–Kier alpha value is -1.92. The number of hydrogen-bond acceptors (Lipinski definition) is 4. The van der Waals surface area contributed by atoms with E-state index >= 15 is 0 Å². The zero-order valence-electron chi connectivity index (χ0n) is 12.7. The number of carbonyl (C=O) groups excluding carboxylic acids is 1. The fourth-order valence-electron chi connectivity index (χ4n) is 2.28. The minimum atomic E-state index is -0.228. The van der Waals surface area contributed by atoms with E-state index in [0.29, 0.717) is 10.9 Å². The summed E-state index contributed by atoms with van der Waals surface area (Å²) in [4.78, 5) is 16.5. The number of nitrogens with zero attached hydrogens (tertiary/aromatic N) is 1. The highest BCUT2D eigenvalue weighted by Crippen LogP contribution is 2.29. The molecule has 2 aromatic carbocycles. The monoisotopic (exact) mass is 390 g/mol. The van der Waals surface area contributed by atoms with Gasteiger partial charge in [0.2, 0.25) is 0 Å². The number of benzene rings is 2. The van der Waals surface area contributed by atoms with Crippen LogP contribution < -0.4 is 10.1 Å². The van der Waals surface area contributed by atoms with Crippen LogP contribution in [0.4, 0.5) is 5.13 Å². The molecule has 0 saturated heterocycles. The van der Waals surface area contributed by atoms with Gasteiger partial charge in [-0.05, 0) is 59.1 Å². The summed E-state index contributed by atoms with van der Waals surface area (Å²) in [5.41, 5.74) is 3.23. The van der Waals surface area contributed by atoms with E-state index in [-0.39, 0.29) is 12.5 Å². The lowest BCUT2D eigenvalue weighted by Crippen LogP contribution is -2.20. The van der Waals surface area contributed by atoms with E-state index in [1.807, 2.05) is 25.1 Å².